The van der Waals surface area contributed by atoms with Crippen LogP contribution in [0, 0.1) is 27.7 Å². The second kappa shape index (κ2) is 5.21. The molecular formula is C15H20N2S. The largest absolute Gasteiger partial charge is 0.309 e. The van der Waals surface area contributed by atoms with Crippen LogP contribution in [0.4, 0.5) is 0 Å². The van der Waals surface area contributed by atoms with Gasteiger partial charge in [-0.15, -0.1) is 11.3 Å². The van der Waals surface area contributed by atoms with Crippen molar-refractivity contribution in [2.45, 2.75) is 33.7 Å². The third-order valence-electron chi connectivity index (χ3n) is 3.24. The molecule has 0 aliphatic heterocycles. The van der Waals surface area contributed by atoms with E-state index in [2.05, 4.69) is 56.2 Å². The Bertz CT molecular complexity index is 558. The molecule has 1 unspecified atom stereocenters. The van der Waals surface area contributed by atoms with Gasteiger partial charge in [-0.1, -0.05) is 23.8 Å². The van der Waals surface area contributed by atoms with Gasteiger partial charge in [-0.3, -0.25) is 0 Å². The van der Waals surface area contributed by atoms with Gasteiger partial charge >= 0.3 is 0 Å². The first kappa shape index (κ1) is 13.2. The molecule has 1 atom stereocenters. The van der Waals surface area contributed by atoms with Crippen molar-refractivity contribution >= 4 is 11.3 Å². The third kappa shape index (κ3) is 2.47. The summed E-state index contributed by atoms with van der Waals surface area (Å²) in [6, 6.07) is 6.87. The monoisotopic (exact) mass is 260 g/mol. The summed E-state index contributed by atoms with van der Waals surface area (Å²) < 4.78 is 0. The molecule has 0 bridgehead atoms. The van der Waals surface area contributed by atoms with Gasteiger partial charge in [-0.2, -0.15) is 0 Å². The van der Waals surface area contributed by atoms with Crippen LogP contribution in [0.5, 0.6) is 0 Å². The highest BCUT2D eigenvalue weighted by molar-refractivity contribution is 7.11. The summed E-state index contributed by atoms with van der Waals surface area (Å²) in [5, 5.41) is 4.56. The highest BCUT2D eigenvalue weighted by Gasteiger charge is 2.19. The molecule has 1 heterocycles. The number of thiazole rings is 1. The molecule has 2 nitrogen and oxygen atoms in total. The minimum absolute atomic E-state index is 0.246. The van der Waals surface area contributed by atoms with E-state index in [-0.39, 0.29) is 6.04 Å². The Morgan fingerprint density at radius 2 is 1.89 bits per heavy atom. The number of aryl methyl sites for hydroxylation is 4. The number of nitrogens with zero attached hydrogens (tertiary/aromatic N) is 1. The number of nitrogens with one attached hydrogen (secondary N) is 1. The molecule has 96 valence electrons. The Morgan fingerprint density at radius 3 is 2.44 bits per heavy atom. The lowest BCUT2D eigenvalue weighted by Crippen LogP contribution is -2.18. The summed E-state index contributed by atoms with van der Waals surface area (Å²) in [6.07, 6.45) is 0. The number of aromatic nitrogens is 1. The maximum Gasteiger partial charge on any atom is 0.0900 e. The van der Waals surface area contributed by atoms with E-state index in [4.69, 9.17) is 0 Å². The topological polar surface area (TPSA) is 24.9 Å². The van der Waals surface area contributed by atoms with E-state index >= 15 is 0 Å². The molecule has 0 saturated heterocycles. The fourth-order valence-corrected chi connectivity index (χ4v) is 3.37. The van der Waals surface area contributed by atoms with E-state index in [1.54, 1.807) is 11.3 Å². The quantitative estimate of drug-likeness (QED) is 0.910. The van der Waals surface area contributed by atoms with Gasteiger partial charge in [-0.25, -0.2) is 4.98 Å². The average Bonchev–Trinajstić information content (AvgIpc) is 2.64. The molecule has 1 aromatic heterocycles. The van der Waals surface area contributed by atoms with Crippen LogP contribution in [-0.2, 0) is 0 Å². The second-order valence-electron chi connectivity index (χ2n) is 4.76. The minimum Gasteiger partial charge on any atom is -0.309 e. The van der Waals surface area contributed by atoms with Crippen molar-refractivity contribution in [3.8, 4) is 0 Å². The predicted molar refractivity (Wildman–Crippen MR) is 78.4 cm³/mol. The Hall–Kier alpha value is -1.19. The van der Waals surface area contributed by atoms with Gasteiger partial charge in [-0.05, 0) is 45.9 Å². The van der Waals surface area contributed by atoms with E-state index in [0.717, 1.165) is 10.7 Å². The van der Waals surface area contributed by atoms with Gasteiger partial charge in [0.05, 0.1) is 16.7 Å². The standard InChI is InChI=1S/C15H20N2S/c1-9-6-7-10(2)13(8-9)14(16-5)15-11(3)17-12(4)18-15/h6-8,14,16H,1-5H3. The van der Waals surface area contributed by atoms with Crippen LogP contribution in [0.1, 0.15) is 38.3 Å². The molecular weight excluding hydrogens is 240 g/mol. The number of hydrogen-bond acceptors (Lipinski definition) is 3. The lowest BCUT2D eigenvalue weighted by atomic mass is 9.97. The van der Waals surface area contributed by atoms with Gasteiger partial charge in [0.1, 0.15) is 0 Å². The zero-order valence-corrected chi connectivity index (χ0v) is 12.5. The molecule has 3 heteroatoms. The third-order valence-corrected chi connectivity index (χ3v) is 4.37. The number of hydrogen-bond donors (Lipinski definition) is 1. The van der Waals surface area contributed by atoms with Crippen LogP contribution in [-0.4, -0.2) is 12.0 Å². The van der Waals surface area contributed by atoms with E-state index in [9.17, 15) is 0 Å². The summed E-state index contributed by atoms with van der Waals surface area (Å²) in [5.41, 5.74) is 5.11. The predicted octanol–water partition coefficient (Wildman–Crippen LogP) is 3.69. The first-order valence-corrected chi connectivity index (χ1v) is 7.03. The summed E-state index contributed by atoms with van der Waals surface area (Å²) >= 11 is 1.78. The van der Waals surface area contributed by atoms with Crippen LogP contribution < -0.4 is 5.32 Å². The van der Waals surface area contributed by atoms with Crippen molar-refractivity contribution in [3.63, 3.8) is 0 Å². The van der Waals surface area contributed by atoms with Crippen molar-refractivity contribution in [1.82, 2.24) is 10.3 Å². The minimum atomic E-state index is 0.246. The molecule has 2 aromatic rings. The van der Waals surface area contributed by atoms with Crippen LogP contribution in [0.25, 0.3) is 0 Å². The maximum absolute atomic E-state index is 4.54. The van der Waals surface area contributed by atoms with Crippen LogP contribution >= 0.6 is 11.3 Å². The second-order valence-corrected chi connectivity index (χ2v) is 6.00. The number of rotatable bonds is 3. The molecule has 2 rings (SSSR count). The van der Waals surface area contributed by atoms with Crippen LogP contribution in [0.2, 0.25) is 0 Å². The highest BCUT2D eigenvalue weighted by Crippen LogP contribution is 2.31. The van der Waals surface area contributed by atoms with Gasteiger partial charge in [0.25, 0.3) is 0 Å². The lowest BCUT2D eigenvalue weighted by Gasteiger charge is -2.18. The van der Waals surface area contributed by atoms with Gasteiger partial charge in [0, 0.05) is 4.88 Å². The van der Waals surface area contributed by atoms with Crippen molar-refractivity contribution in [1.29, 1.82) is 0 Å². The molecule has 0 amide bonds. The van der Waals surface area contributed by atoms with Gasteiger partial charge in [0.15, 0.2) is 0 Å². The normalized spacial score (nSPS) is 12.7. The number of benzene rings is 1. The Balaban J connectivity index is 2.51. The molecule has 1 aromatic carbocycles. The fraction of sp³-hybridized carbons (Fsp3) is 0.400. The summed E-state index contributed by atoms with van der Waals surface area (Å²) in [5.74, 6) is 0. The van der Waals surface area contributed by atoms with Crippen molar-refractivity contribution in [3.05, 3.63) is 50.5 Å². The summed E-state index contributed by atoms with van der Waals surface area (Å²) in [7, 11) is 2.01. The fourth-order valence-electron chi connectivity index (χ4n) is 2.31. The smallest absolute Gasteiger partial charge is 0.0900 e. The Morgan fingerprint density at radius 1 is 1.17 bits per heavy atom. The van der Waals surface area contributed by atoms with Crippen molar-refractivity contribution < 1.29 is 0 Å². The Kier molecular flexibility index (Phi) is 3.83. The summed E-state index contributed by atoms with van der Waals surface area (Å²) in [6.45, 7) is 8.47. The molecule has 0 radical (unpaired) electrons. The van der Waals surface area contributed by atoms with Gasteiger partial charge in [0.2, 0.25) is 0 Å². The zero-order valence-electron chi connectivity index (χ0n) is 11.7. The lowest BCUT2D eigenvalue weighted by molar-refractivity contribution is 0.693. The average molecular weight is 260 g/mol. The first-order valence-electron chi connectivity index (χ1n) is 6.21. The van der Waals surface area contributed by atoms with E-state index in [1.165, 1.54) is 21.6 Å². The van der Waals surface area contributed by atoms with Gasteiger partial charge < -0.3 is 5.32 Å². The first-order chi connectivity index (χ1) is 8.52. The maximum atomic E-state index is 4.54. The molecule has 1 N–H and O–H groups in total. The molecule has 0 spiro atoms. The SMILES string of the molecule is CNC(c1cc(C)ccc1C)c1sc(C)nc1C. The summed E-state index contributed by atoms with van der Waals surface area (Å²) in [4.78, 5) is 5.86. The highest BCUT2D eigenvalue weighted by atomic mass is 32.1. The van der Waals surface area contributed by atoms with E-state index in [1.807, 2.05) is 7.05 Å². The molecule has 0 saturated carbocycles. The van der Waals surface area contributed by atoms with Crippen molar-refractivity contribution in [2.24, 2.45) is 0 Å². The van der Waals surface area contributed by atoms with Crippen molar-refractivity contribution in [2.75, 3.05) is 7.05 Å². The molecule has 0 aliphatic rings. The van der Waals surface area contributed by atoms with E-state index in [0.29, 0.717) is 0 Å². The zero-order chi connectivity index (χ0) is 13.3. The molecule has 0 aliphatic carbocycles. The van der Waals surface area contributed by atoms with Crippen LogP contribution in [0.15, 0.2) is 18.2 Å². The van der Waals surface area contributed by atoms with E-state index < -0.39 is 0 Å². The van der Waals surface area contributed by atoms with Crippen LogP contribution in [0.3, 0.4) is 0 Å². The Labute approximate surface area is 113 Å². The molecule has 0 fully saturated rings. The molecule has 18 heavy (non-hydrogen) atoms.